The number of rotatable bonds is 3. The molecule has 0 bridgehead atoms. The smallest absolute Gasteiger partial charge is 0.352 e. The molecule has 0 saturated heterocycles. The lowest BCUT2D eigenvalue weighted by molar-refractivity contribution is 0.0685. The van der Waals surface area contributed by atoms with Crippen LogP contribution in [-0.4, -0.2) is 21.4 Å². The SMILES string of the molecule is Nc1ccc(Cn2c(C(=O)O)cc3c2CCCC3=O)cc1. The molecule has 0 fully saturated rings. The van der Waals surface area contributed by atoms with Crippen LogP contribution in [0.15, 0.2) is 30.3 Å². The number of anilines is 1. The number of aromatic nitrogens is 1. The summed E-state index contributed by atoms with van der Waals surface area (Å²) in [6.07, 6.45) is 2.01. The van der Waals surface area contributed by atoms with E-state index in [9.17, 15) is 14.7 Å². The molecule has 0 unspecified atom stereocenters. The Labute approximate surface area is 122 Å². The van der Waals surface area contributed by atoms with Crippen molar-refractivity contribution in [3.63, 3.8) is 0 Å². The summed E-state index contributed by atoms with van der Waals surface area (Å²) in [6.45, 7) is 0.435. The van der Waals surface area contributed by atoms with Gasteiger partial charge in [0.25, 0.3) is 0 Å². The molecule has 0 saturated carbocycles. The van der Waals surface area contributed by atoms with Crippen molar-refractivity contribution in [3.8, 4) is 0 Å². The molecule has 1 aliphatic rings. The summed E-state index contributed by atoms with van der Waals surface area (Å²) >= 11 is 0. The minimum Gasteiger partial charge on any atom is -0.477 e. The van der Waals surface area contributed by atoms with E-state index in [-0.39, 0.29) is 11.5 Å². The molecule has 21 heavy (non-hydrogen) atoms. The quantitative estimate of drug-likeness (QED) is 0.847. The number of nitrogen functional groups attached to an aromatic ring is 1. The number of Topliss-reactive ketones (excluding diaryl/α,β-unsaturated/α-hetero) is 1. The van der Waals surface area contributed by atoms with Crippen molar-refractivity contribution in [2.24, 2.45) is 0 Å². The number of carboxylic acids is 1. The second-order valence-electron chi connectivity index (χ2n) is 5.30. The molecule has 5 nitrogen and oxygen atoms in total. The molecule has 1 heterocycles. The predicted molar refractivity (Wildman–Crippen MR) is 78.6 cm³/mol. The largest absolute Gasteiger partial charge is 0.477 e. The molecule has 3 N–H and O–H groups in total. The lowest BCUT2D eigenvalue weighted by atomic mass is 9.96. The minimum atomic E-state index is -1.01. The van der Waals surface area contributed by atoms with Crippen molar-refractivity contribution in [1.29, 1.82) is 0 Å². The monoisotopic (exact) mass is 284 g/mol. The van der Waals surface area contributed by atoms with E-state index in [0.717, 1.165) is 24.1 Å². The number of hydrogen-bond acceptors (Lipinski definition) is 3. The predicted octanol–water partition coefficient (Wildman–Crippen LogP) is 2.34. The average molecular weight is 284 g/mol. The highest BCUT2D eigenvalue weighted by molar-refractivity contribution is 6.01. The molecule has 0 amide bonds. The van der Waals surface area contributed by atoms with Gasteiger partial charge in [0.05, 0.1) is 0 Å². The Morgan fingerprint density at radius 3 is 2.62 bits per heavy atom. The van der Waals surface area contributed by atoms with Crippen LogP contribution in [-0.2, 0) is 13.0 Å². The van der Waals surface area contributed by atoms with Crippen LogP contribution in [0.3, 0.4) is 0 Å². The van der Waals surface area contributed by atoms with Gasteiger partial charge >= 0.3 is 5.97 Å². The standard InChI is InChI=1S/C16H16N2O3/c17-11-6-4-10(5-7-11)9-18-13-2-1-3-15(19)12(13)8-14(18)16(20)21/h4-8H,1-3,9,17H2,(H,20,21). The van der Waals surface area contributed by atoms with Crippen LogP contribution in [0.4, 0.5) is 5.69 Å². The highest BCUT2D eigenvalue weighted by Crippen LogP contribution is 2.26. The third-order valence-electron chi connectivity index (χ3n) is 3.87. The van der Waals surface area contributed by atoms with E-state index in [1.807, 2.05) is 12.1 Å². The second-order valence-corrected chi connectivity index (χ2v) is 5.30. The fourth-order valence-corrected chi connectivity index (χ4v) is 2.81. The van der Waals surface area contributed by atoms with Crippen LogP contribution < -0.4 is 5.73 Å². The van der Waals surface area contributed by atoms with Crippen molar-refractivity contribution in [2.75, 3.05) is 5.73 Å². The molecule has 1 aliphatic carbocycles. The zero-order valence-electron chi connectivity index (χ0n) is 11.5. The molecule has 1 aromatic carbocycles. The first-order valence-corrected chi connectivity index (χ1v) is 6.89. The Kier molecular flexibility index (Phi) is 3.25. The summed E-state index contributed by atoms with van der Waals surface area (Å²) in [4.78, 5) is 23.4. The minimum absolute atomic E-state index is 0.0369. The fourth-order valence-electron chi connectivity index (χ4n) is 2.81. The van der Waals surface area contributed by atoms with Gasteiger partial charge in [-0.15, -0.1) is 0 Å². The lowest BCUT2D eigenvalue weighted by Gasteiger charge is -2.16. The summed E-state index contributed by atoms with van der Waals surface area (Å²) in [7, 11) is 0. The van der Waals surface area contributed by atoms with E-state index >= 15 is 0 Å². The van der Waals surface area contributed by atoms with E-state index in [2.05, 4.69) is 0 Å². The molecule has 1 aromatic heterocycles. The third-order valence-corrected chi connectivity index (χ3v) is 3.87. The maximum Gasteiger partial charge on any atom is 0.352 e. The van der Waals surface area contributed by atoms with Crippen molar-refractivity contribution in [3.05, 3.63) is 52.8 Å². The van der Waals surface area contributed by atoms with E-state index in [1.54, 1.807) is 16.7 Å². The number of carbonyl (C=O) groups excluding carboxylic acids is 1. The van der Waals surface area contributed by atoms with Crippen LogP contribution >= 0.6 is 0 Å². The van der Waals surface area contributed by atoms with Crippen molar-refractivity contribution >= 4 is 17.4 Å². The van der Waals surface area contributed by atoms with Gasteiger partial charge < -0.3 is 15.4 Å². The molecular weight excluding hydrogens is 268 g/mol. The Hall–Kier alpha value is -2.56. The molecule has 2 aromatic rings. The Balaban J connectivity index is 2.05. The van der Waals surface area contributed by atoms with Crippen LogP contribution in [0.1, 0.15) is 44.9 Å². The molecule has 5 heteroatoms. The van der Waals surface area contributed by atoms with Crippen molar-refractivity contribution < 1.29 is 14.7 Å². The topological polar surface area (TPSA) is 85.3 Å². The number of carbonyl (C=O) groups is 2. The number of ketones is 1. The highest BCUT2D eigenvalue weighted by atomic mass is 16.4. The third kappa shape index (κ3) is 2.42. The van der Waals surface area contributed by atoms with Crippen molar-refractivity contribution in [1.82, 2.24) is 4.57 Å². The Bertz CT molecular complexity index is 714. The zero-order chi connectivity index (χ0) is 15.0. The van der Waals surface area contributed by atoms with Gasteiger partial charge in [-0.05, 0) is 36.6 Å². The number of carboxylic acid groups (broad SMARTS) is 1. The van der Waals surface area contributed by atoms with E-state index in [0.29, 0.717) is 24.2 Å². The Morgan fingerprint density at radius 1 is 1.24 bits per heavy atom. The normalized spacial score (nSPS) is 14.0. The van der Waals surface area contributed by atoms with Crippen molar-refractivity contribution in [2.45, 2.75) is 25.8 Å². The summed E-state index contributed by atoms with van der Waals surface area (Å²) in [5, 5.41) is 9.37. The van der Waals surface area contributed by atoms with Crippen LogP contribution in [0, 0.1) is 0 Å². The average Bonchev–Trinajstić information content (AvgIpc) is 2.82. The number of hydrogen-bond donors (Lipinski definition) is 2. The molecule has 0 atom stereocenters. The summed E-state index contributed by atoms with van der Waals surface area (Å²) in [5.74, 6) is -0.970. The fraction of sp³-hybridized carbons (Fsp3) is 0.250. The Morgan fingerprint density at radius 2 is 1.95 bits per heavy atom. The van der Waals surface area contributed by atoms with Gasteiger partial charge in [-0.2, -0.15) is 0 Å². The highest BCUT2D eigenvalue weighted by Gasteiger charge is 2.26. The molecule has 0 radical (unpaired) electrons. The van der Waals surface area contributed by atoms with Gasteiger partial charge in [0, 0.05) is 29.9 Å². The maximum absolute atomic E-state index is 11.9. The molecular formula is C16H16N2O3. The molecule has 0 spiro atoms. The van der Waals surface area contributed by atoms with E-state index in [1.165, 1.54) is 6.07 Å². The molecule has 3 rings (SSSR count). The number of nitrogens with two attached hydrogens (primary N) is 1. The lowest BCUT2D eigenvalue weighted by Crippen LogP contribution is -2.16. The van der Waals surface area contributed by atoms with Gasteiger partial charge in [0.15, 0.2) is 5.78 Å². The zero-order valence-corrected chi connectivity index (χ0v) is 11.5. The molecule has 0 aliphatic heterocycles. The number of nitrogens with zero attached hydrogens (tertiary/aromatic N) is 1. The van der Waals surface area contributed by atoms with Crippen LogP contribution in [0.2, 0.25) is 0 Å². The van der Waals surface area contributed by atoms with Gasteiger partial charge in [-0.3, -0.25) is 4.79 Å². The van der Waals surface area contributed by atoms with Gasteiger partial charge in [0.1, 0.15) is 5.69 Å². The summed E-state index contributed by atoms with van der Waals surface area (Å²) in [5.41, 5.74) is 8.86. The van der Waals surface area contributed by atoms with Crippen LogP contribution in [0.25, 0.3) is 0 Å². The first kappa shape index (κ1) is 13.4. The van der Waals surface area contributed by atoms with Gasteiger partial charge in [-0.1, -0.05) is 12.1 Å². The van der Waals surface area contributed by atoms with Gasteiger partial charge in [-0.25, -0.2) is 4.79 Å². The number of fused-ring (bicyclic) bond motifs is 1. The summed E-state index contributed by atoms with van der Waals surface area (Å²) in [6, 6.07) is 8.83. The summed E-state index contributed by atoms with van der Waals surface area (Å²) < 4.78 is 1.74. The maximum atomic E-state index is 11.9. The molecule has 108 valence electrons. The van der Waals surface area contributed by atoms with E-state index in [4.69, 9.17) is 5.73 Å². The first-order valence-electron chi connectivity index (χ1n) is 6.89. The number of aromatic carboxylic acids is 1. The number of benzene rings is 1. The van der Waals surface area contributed by atoms with Gasteiger partial charge in [0.2, 0.25) is 0 Å². The van der Waals surface area contributed by atoms with E-state index < -0.39 is 5.97 Å². The second kappa shape index (κ2) is 5.09. The first-order chi connectivity index (χ1) is 10.1. The van der Waals surface area contributed by atoms with Crippen LogP contribution in [0.5, 0.6) is 0 Å².